The van der Waals surface area contributed by atoms with Gasteiger partial charge in [0.25, 0.3) is 0 Å². The Hall–Kier alpha value is -2.38. The number of carbonyl (C=O) groups is 4. The van der Waals surface area contributed by atoms with E-state index in [-0.39, 0.29) is 5.57 Å². The Labute approximate surface area is 101 Å². The van der Waals surface area contributed by atoms with Gasteiger partial charge in [-0.3, -0.25) is 4.79 Å². The van der Waals surface area contributed by atoms with Gasteiger partial charge in [0.05, 0.1) is 6.42 Å². The van der Waals surface area contributed by atoms with Crippen molar-refractivity contribution < 1.29 is 39.2 Å². The molecule has 0 radical (unpaired) electrons. The van der Waals surface area contributed by atoms with Crippen LogP contribution in [-0.2, 0) is 23.9 Å². The van der Waals surface area contributed by atoms with E-state index in [1.54, 1.807) is 0 Å². The second kappa shape index (κ2) is 5.80. The first-order chi connectivity index (χ1) is 8.08. The van der Waals surface area contributed by atoms with E-state index in [1.807, 2.05) is 0 Å². The topological polar surface area (TPSA) is 138 Å². The predicted molar refractivity (Wildman–Crippen MR) is 55.8 cm³/mol. The van der Waals surface area contributed by atoms with Crippen molar-refractivity contribution in [3.05, 3.63) is 11.6 Å². The maximum atomic E-state index is 11.4. The fourth-order valence-electron chi connectivity index (χ4n) is 0.973. The molecule has 8 heteroatoms. The molecule has 0 aromatic heterocycles. The molecule has 8 nitrogen and oxygen atoms in total. The minimum absolute atomic E-state index is 0.347. The number of esters is 1. The van der Waals surface area contributed by atoms with Crippen LogP contribution < -0.4 is 0 Å². The van der Waals surface area contributed by atoms with E-state index in [1.165, 1.54) is 0 Å². The second-order valence-electron chi connectivity index (χ2n) is 3.66. The van der Waals surface area contributed by atoms with Gasteiger partial charge in [-0.2, -0.15) is 0 Å². The molecule has 0 aromatic rings. The van der Waals surface area contributed by atoms with E-state index in [9.17, 15) is 19.2 Å². The molecule has 3 N–H and O–H groups in total. The highest BCUT2D eigenvalue weighted by molar-refractivity contribution is 5.97. The van der Waals surface area contributed by atoms with Crippen molar-refractivity contribution in [3.63, 3.8) is 0 Å². The summed E-state index contributed by atoms with van der Waals surface area (Å²) in [6.45, 7) is 2.02. The van der Waals surface area contributed by atoms with E-state index in [2.05, 4.69) is 4.74 Å². The van der Waals surface area contributed by atoms with E-state index in [0.29, 0.717) is 6.08 Å². The summed E-state index contributed by atoms with van der Waals surface area (Å²) in [7, 11) is 0. The Morgan fingerprint density at radius 2 is 1.67 bits per heavy atom. The molecule has 0 fully saturated rings. The number of carboxylic acid groups (broad SMARTS) is 3. The number of ether oxygens (including phenoxy) is 1. The van der Waals surface area contributed by atoms with E-state index in [4.69, 9.17) is 15.3 Å². The van der Waals surface area contributed by atoms with E-state index < -0.39 is 35.9 Å². The maximum Gasteiger partial charge on any atom is 0.348 e. The van der Waals surface area contributed by atoms with Gasteiger partial charge in [-0.15, -0.1) is 0 Å². The van der Waals surface area contributed by atoms with Gasteiger partial charge in [-0.1, -0.05) is 0 Å². The van der Waals surface area contributed by atoms with Crippen molar-refractivity contribution in [2.24, 2.45) is 0 Å². The van der Waals surface area contributed by atoms with Gasteiger partial charge in [-0.05, 0) is 13.8 Å². The van der Waals surface area contributed by atoms with Gasteiger partial charge in [0, 0.05) is 11.6 Å². The Morgan fingerprint density at radius 3 is 2.00 bits per heavy atom. The molecule has 0 unspecified atom stereocenters. The molecule has 0 aliphatic heterocycles. The van der Waals surface area contributed by atoms with Crippen molar-refractivity contribution in [2.75, 3.05) is 0 Å². The zero-order chi connectivity index (χ0) is 14.5. The second-order valence-corrected chi connectivity index (χ2v) is 3.66. The van der Waals surface area contributed by atoms with E-state index >= 15 is 0 Å². The van der Waals surface area contributed by atoms with Gasteiger partial charge in [-0.25, -0.2) is 14.4 Å². The molecule has 18 heavy (non-hydrogen) atoms. The number of carboxylic acids is 3. The van der Waals surface area contributed by atoms with Gasteiger partial charge in [0.2, 0.25) is 5.60 Å². The number of aliphatic carboxylic acids is 3. The first-order valence-corrected chi connectivity index (χ1v) is 4.68. The Kier molecular flexibility index (Phi) is 5.03. The van der Waals surface area contributed by atoms with Crippen molar-refractivity contribution in [1.29, 1.82) is 0 Å². The molecule has 0 aliphatic carbocycles. The van der Waals surface area contributed by atoms with E-state index in [0.717, 1.165) is 13.8 Å². The average molecular weight is 260 g/mol. The van der Waals surface area contributed by atoms with Gasteiger partial charge in [0.1, 0.15) is 0 Å². The minimum atomic E-state index is -2.25. The SMILES string of the molecule is CC(=CC(=O)O)C(=O)O[C@](C)(CC(=O)O)C(=O)O. The molecular formula is C10H12O8. The molecule has 0 heterocycles. The summed E-state index contributed by atoms with van der Waals surface area (Å²) in [6, 6.07) is 0. The third kappa shape index (κ3) is 4.64. The van der Waals surface area contributed by atoms with Crippen LogP contribution in [0.15, 0.2) is 11.6 Å². The highest BCUT2D eigenvalue weighted by atomic mass is 16.6. The Balaban J connectivity index is 5.02. The lowest BCUT2D eigenvalue weighted by molar-refractivity contribution is -0.178. The van der Waals surface area contributed by atoms with Crippen molar-refractivity contribution in [2.45, 2.75) is 25.9 Å². The van der Waals surface area contributed by atoms with Crippen molar-refractivity contribution >= 4 is 23.9 Å². The van der Waals surface area contributed by atoms with Crippen LogP contribution in [0.3, 0.4) is 0 Å². The quantitative estimate of drug-likeness (QED) is 0.443. The molecule has 0 aliphatic rings. The third-order valence-corrected chi connectivity index (χ3v) is 1.92. The summed E-state index contributed by atoms with van der Waals surface area (Å²) in [5.74, 6) is -5.71. The predicted octanol–water partition coefficient (Wildman–Crippen LogP) is -0.122. The van der Waals surface area contributed by atoms with Crippen LogP contribution in [0.25, 0.3) is 0 Å². The lowest BCUT2D eigenvalue weighted by Crippen LogP contribution is -2.42. The zero-order valence-electron chi connectivity index (χ0n) is 9.67. The molecule has 1 atom stereocenters. The summed E-state index contributed by atoms with van der Waals surface area (Å²) < 4.78 is 4.52. The highest BCUT2D eigenvalue weighted by Gasteiger charge is 2.40. The van der Waals surface area contributed by atoms with Gasteiger partial charge in [0.15, 0.2) is 0 Å². The molecule has 0 spiro atoms. The largest absolute Gasteiger partial charge is 0.481 e. The fourth-order valence-corrected chi connectivity index (χ4v) is 0.973. The lowest BCUT2D eigenvalue weighted by Gasteiger charge is -2.23. The molecule has 0 bridgehead atoms. The molecule has 0 rings (SSSR count). The van der Waals surface area contributed by atoms with Crippen LogP contribution in [0.4, 0.5) is 0 Å². The molecule has 100 valence electrons. The fraction of sp³-hybridized carbons (Fsp3) is 0.400. The van der Waals surface area contributed by atoms with Crippen LogP contribution >= 0.6 is 0 Å². The monoisotopic (exact) mass is 260 g/mol. The van der Waals surface area contributed by atoms with Crippen molar-refractivity contribution in [3.8, 4) is 0 Å². The molecule has 0 saturated heterocycles. The summed E-state index contributed by atoms with van der Waals surface area (Å²) in [5.41, 5.74) is -2.60. The van der Waals surface area contributed by atoms with Crippen LogP contribution in [0, 0.1) is 0 Å². The molecule has 0 saturated carbocycles. The standard InChI is InChI=1S/C10H12O8/c1-5(3-6(11)12)8(15)18-10(2,9(16)17)4-7(13)14/h3H,4H2,1-2H3,(H,11,12)(H,13,14)(H,16,17)/t10-/m1/s1. The Bertz CT molecular complexity index is 422. The van der Waals surface area contributed by atoms with Gasteiger partial charge >= 0.3 is 23.9 Å². The highest BCUT2D eigenvalue weighted by Crippen LogP contribution is 2.18. The third-order valence-electron chi connectivity index (χ3n) is 1.92. The normalized spacial score (nSPS) is 14.4. The molecule has 0 amide bonds. The van der Waals surface area contributed by atoms with Crippen LogP contribution in [0.2, 0.25) is 0 Å². The maximum absolute atomic E-state index is 11.4. The van der Waals surface area contributed by atoms with Gasteiger partial charge < -0.3 is 20.1 Å². The zero-order valence-corrected chi connectivity index (χ0v) is 9.67. The van der Waals surface area contributed by atoms with Crippen LogP contribution in [0.1, 0.15) is 20.3 Å². The number of carbonyl (C=O) groups excluding carboxylic acids is 1. The molecule has 0 aromatic carbocycles. The van der Waals surface area contributed by atoms with Crippen LogP contribution in [0.5, 0.6) is 0 Å². The number of hydrogen-bond acceptors (Lipinski definition) is 5. The first-order valence-electron chi connectivity index (χ1n) is 4.68. The number of hydrogen-bond donors (Lipinski definition) is 3. The summed E-state index contributed by atoms with van der Waals surface area (Å²) in [4.78, 5) is 43.0. The summed E-state index contributed by atoms with van der Waals surface area (Å²) in [5, 5.41) is 25.7. The average Bonchev–Trinajstić information content (AvgIpc) is 2.14. The summed E-state index contributed by atoms with van der Waals surface area (Å²) in [6.07, 6.45) is -0.403. The molecular weight excluding hydrogens is 248 g/mol. The first kappa shape index (κ1) is 15.6. The number of rotatable bonds is 6. The smallest absolute Gasteiger partial charge is 0.348 e. The minimum Gasteiger partial charge on any atom is -0.481 e. The Morgan fingerprint density at radius 1 is 1.17 bits per heavy atom. The van der Waals surface area contributed by atoms with Crippen molar-refractivity contribution in [1.82, 2.24) is 0 Å². The van der Waals surface area contributed by atoms with Crippen LogP contribution in [-0.4, -0.2) is 44.8 Å². The lowest BCUT2D eigenvalue weighted by atomic mass is 10.0. The summed E-state index contributed by atoms with van der Waals surface area (Å²) >= 11 is 0.